The van der Waals surface area contributed by atoms with Gasteiger partial charge in [-0.05, 0) is 37.4 Å². The fourth-order valence-corrected chi connectivity index (χ4v) is 2.28. The van der Waals surface area contributed by atoms with Crippen LogP contribution in [0.15, 0.2) is 30.5 Å². The van der Waals surface area contributed by atoms with Crippen molar-refractivity contribution in [2.45, 2.75) is 33.1 Å². The Bertz CT molecular complexity index is 592. The average Bonchev–Trinajstić information content (AvgIpc) is 2.87. The molecular weight excluding hydrogens is 252 g/mol. The summed E-state index contributed by atoms with van der Waals surface area (Å²) < 4.78 is 13.2. The van der Waals surface area contributed by atoms with Crippen LogP contribution in [0.4, 0.5) is 0 Å². The van der Waals surface area contributed by atoms with E-state index in [1.807, 2.05) is 38.2 Å². The van der Waals surface area contributed by atoms with Gasteiger partial charge in [0, 0.05) is 37.9 Å². The first-order valence-corrected chi connectivity index (χ1v) is 7.00. The first-order chi connectivity index (χ1) is 9.78. The fourth-order valence-electron chi connectivity index (χ4n) is 2.28. The van der Waals surface area contributed by atoms with Gasteiger partial charge in [0.05, 0.1) is 11.6 Å². The van der Waals surface area contributed by atoms with Crippen LogP contribution in [0, 0.1) is 11.3 Å². The molecule has 4 nitrogen and oxygen atoms in total. The summed E-state index contributed by atoms with van der Waals surface area (Å²) in [6.07, 6.45) is 2.67. The Balaban J connectivity index is 2.11. The average molecular weight is 272 g/mol. The summed E-state index contributed by atoms with van der Waals surface area (Å²) in [6.45, 7) is 6.04. The minimum absolute atomic E-state index is 0.165. The molecule has 2 rings (SSSR count). The number of hydrogen-bond acceptors (Lipinski definition) is 3. The van der Waals surface area contributed by atoms with Crippen LogP contribution in [0.3, 0.4) is 0 Å². The number of nitrogens with zero attached hydrogens (tertiary/aromatic N) is 2. The van der Waals surface area contributed by atoms with Gasteiger partial charge >= 0.3 is 0 Å². The minimum Gasteiger partial charge on any atom is -0.353 e. The third-order valence-corrected chi connectivity index (χ3v) is 3.21. The van der Waals surface area contributed by atoms with Crippen LogP contribution in [0.1, 0.15) is 25.8 Å². The molecule has 0 radical (unpaired) electrons. The first kappa shape index (κ1) is 14.6. The highest BCUT2D eigenvalue weighted by molar-refractivity contribution is 5.81. The van der Waals surface area contributed by atoms with Crippen molar-refractivity contribution in [1.29, 1.82) is 5.26 Å². The second-order valence-electron chi connectivity index (χ2n) is 4.52. The Labute approximate surface area is 119 Å². The molecule has 0 aliphatic rings. The molecular formula is C16H20N2O2. The highest BCUT2D eigenvalue weighted by Crippen LogP contribution is 2.18. The Morgan fingerprint density at radius 1 is 1.20 bits per heavy atom. The molecule has 1 aromatic heterocycles. The molecule has 0 unspecified atom stereocenters. The van der Waals surface area contributed by atoms with E-state index >= 15 is 0 Å². The second-order valence-corrected chi connectivity index (χ2v) is 4.52. The Morgan fingerprint density at radius 2 is 1.95 bits per heavy atom. The van der Waals surface area contributed by atoms with Crippen molar-refractivity contribution in [2.75, 3.05) is 13.2 Å². The summed E-state index contributed by atoms with van der Waals surface area (Å²) in [6, 6.07) is 9.99. The van der Waals surface area contributed by atoms with E-state index in [0.29, 0.717) is 18.8 Å². The van der Waals surface area contributed by atoms with Crippen molar-refractivity contribution in [3.05, 3.63) is 36.0 Å². The van der Waals surface area contributed by atoms with E-state index in [-0.39, 0.29) is 6.29 Å². The monoisotopic (exact) mass is 272 g/mol. The van der Waals surface area contributed by atoms with E-state index in [1.165, 1.54) is 0 Å². The Hall–Kier alpha value is -1.83. The van der Waals surface area contributed by atoms with Gasteiger partial charge in [-0.25, -0.2) is 0 Å². The molecule has 106 valence electrons. The maximum atomic E-state index is 8.98. The third-order valence-electron chi connectivity index (χ3n) is 3.21. The van der Waals surface area contributed by atoms with Crippen molar-refractivity contribution in [3.63, 3.8) is 0 Å². The molecule has 1 heterocycles. The van der Waals surface area contributed by atoms with Crippen LogP contribution >= 0.6 is 0 Å². The van der Waals surface area contributed by atoms with Crippen LogP contribution in [0.25, 0.3) is 10.9 Å². The van der Waals surface area contributed by atoms with Crippen molar-refractivity contribution < 1.29 is 9.47 Å². The number of hydrogen-bond donors (Lipinski definition) is 0. The van der Waals surface area contributed by atoms with Crippen LogP contribution in [-0.4, -0.2) is 24.1 Å². The summed E-state index contributed by atoms with van der Waals surface area (Å²) in [5.74, 6) is 0. The zero-order valence-electron chi connectivity index (χ0n) is 12.0. The number of aryl methyl sites for hydroxylation is 1. The number of nitriles is 1. The molecule has 0 fully saturated rings. The standard InChI is InChI=1S/C16H20N2O2/c1-3-19-16(20-4-2)8-10-18-9-7-14-6-5-13(12-17)11-15(14)18/h5-7,9,11,16H,3-4,8,10H2,1-2H3. The molecule has 0 aliphatic carbocycles. The first-order valence-electron chi connectivity index (χ1n) is 7.00. The zero-order valence-corrected chi connectivity index (χ0v) is 12.0. The van der Waals surface area contributed by atoms with Crippen LogP contribution < -0.4 is 0 Å². The van der Waals surface area contributed by atoms with Crippen molar-refractivity contribution >= 4 is 10.9 Å². The van der Waals surface area contributed by atoms with Gasteiger partial charge < -0.3 is 14.0 Å². The Morgan fingerprint density at radius 3 is 2.60 bits per heavy atom. The maximum Gasteiger partial charge on any atom is 0.159 e. The van der Waals surface area contributed by atoms with Gasteiger partial charge in [-0.2, -0.15) is 5.26 Å². The molecule has 1 aromatic carbocycles. The molecule has 0 saturated carbocycles. The van der Waals surface area contributed by atoms with E-state index in [0.717, 1.165) is 23.9 Å². The second kappa shape index (κ2) is 7.09. The van der Waals surface area contributed by atoms with Gasteiger partial charge in [0.1, 0.15) is 0 Å². The maximum absolute atomic E-state index is 8.98. The lowest BCUT2D eigenvalue weighted by Gasteiger charge is -2.17. The summed E-state index contributed by atoms with van der Waals surface area (Å²) >= 11 is 0. The molecule has 0 bridgehead atoms. The molecule has 0 saturated heterocycles. The van der Waals surface area contributed by atoms with E-state index in [1.54, 1.807) is 0 Å². The number of fused-ring (bicyclic) bond motifs is 1. The molecule has 0 spiro atoms. The largest absolute Gasteiger partial charge is 0.353 e. The quantitative estimate of drug-likeness (QED) is 0.726. The van der Waals surface area contributed by atoms with E-state index in [9.17, 15) is 0 Å². The highest BCUT2D eigenvalue weighted by atomic mass is 16.7. The van der Waals surface area contributed by atoms with Crippen molar-refractivity contribution in [3.8, 4) is 6.07 Å². The predicted molar refractivity (Wildman–Crippen MR) is 78.3 cm³/mol. The van der Waals surface area contributed by atoms with Gasteiger partial charge in [-0.1, -0.05) is 6.07 Å². The molecule has 0 amide bonds. The van der Waals surface area contributed by atoms with Gasteiger partial charge in [0.25, 0.3) is 0 Å². The lowest BCUT2D eigenvalue weighted by atomic mass is 10.2. The molecule has 0 atom stereocenters. The van der Waals surface area contributed by atoms with Crippen LogP contribution in [0.2, 0.25) is 0 Å². The number of benzene rings is 1. The van der Waals surface area contributed by atoms with Gasteiger partial charge in [-0.3, -0.25) is 0 Å². The van der Waals surface area contributed by atoms with Gasteiger partial charge in [0.15, 0.2) is 6.29 Å². The van der Waals surface area contributed by atoms with Gasteiger partial charge in [-0.15, -0.1) is 0 Å². The lowest BCUT2D eigenvalue weighted by molar-refractivity contribution is -0.140. The zero-order chi connectivity index (χ0) is 14.4. The van der Waals surface area contributed by atoms with Crippen molar-refractivity contribution in [2.24, 2.45) is 0 Å². The van der Waals surface area contributed by atoms with E-state index < -0.39 is 0 Å². The summed E-state index contributed by atoms with van der Waals surface area (Å²) in [4.78, 5) is 0. The van der Waals surface area contributed by atoms with E-state index in [2.05, 4.69) is 16.7 Å². The smallest absolute Gasteiger partial charge is 0.159 e. The van der Waals surface area contributed by atoms with Crippen LogP contribution in [-0.2, 0) is 16.0 Å². The summed E-state index contributed by atoms with van der Waals surface area (Å²) in [5, 5.41) is 10.1. The number of aromatic nitrogens is 1. The molecule has 20 heavy (non-hydrogen) atoms. The lowest BCUT2D eigenvalue weighted by Crippen LogP contribution is -2.19. The van der Waals surface area contributed by atoms with E-state index in [4.69, 9.17) is 14.7 Å². The molecule has 0 N–H and O–H groups in total. The van der Waals surface area contributed by atoms with Gasteiger partial charge in [0.2, 0.25) is 0 Å². The molecule has 4 heteroatoms. The molecule has 0 aliphatic heterocycles. The van der Waals surface area contributed by atoms with Crippen LogP contribution in [0.5, 0.6) is 0 Å². The minimum atomic E-state index is -0.165. The number of rotatable bonds is 7. The summed E-state index contributed by atoms with van der Waals surface area (Å²) in [7, 11) is 0. The SMILES string of the molecule is CCOC(CCn1ccc2ccc(C#N)cc21)OCC. The fraction of sp³-hybridized carbons (Fsp3) is 0.438. The number of ether oxygens (including phenoxy) is 2. The summed E-state index contributed by atoms with van der Waals surface area (Å²) in [5.41, 5.74) is 1.76. The highest BCUT2D eigenvalue weighted by Gasteiger charge is 2.09. The predicted octanol–water partition coefficient (Wildman–Crippen LogP) is 3.30. The Kier molecular flexibility index (Phi) is 5.16. The normalized spacial score (nSPS) is 11.1. The molecule has 2 aromatic rings. The van der Waals surface area contributed by atoms with Crippen molar-refractivity contribution in [1.82, 2.24) is 4.57 Å². The third kappa shape index (κ3) is 3.38. The topological polar surface area (TPSA) is 47.2 Å².